The van der Waals surface area contributed by atoms with Gasteiger partial charge in [0.05, 0.1) is 5.92 Å². The third kappa shape index (κ3) is 2.44. The predicted molar refractivity (Wildman–Crippen MR) is 52.9 cm³/mol. The average Bonchev–Trinajstić information content (AvgIpc) is 2.48. The van der Waals surface area contributed by atoms with Crippen LogP contribution in [0.4, 0.5) is 0 Å². The minimum absolute atomic E-state index is 0.109. The maximum Gasteiger partial charge on any atom is 0.307 e. The SMILES string of the molecule is CCC=CCC1C(=O)CCC1C(=O)O. The molecular formula is C11H16O3. The zero-order valence-electron chi connectivity index (χ0n) is 8.40. The fourth-order valence-corrected chi connectivity index (χ4v) is 1.91. The van der Waals surface area contributed by atoms with E-state index in [1.54, 1.807) is 0 Å². The van der Waals surface area contributed by atoms with E-state index in [1.165, 1.54) is 0 Å². The van der Waals surface area contributed by atoms with E-state index in [4.69, 9.17) is 5.11 Å². The van der Waals surface area contributed by atoms with Crippen LogP contribution in [0.1, 0.15) is 32.6 Å². The van der Waals surface area contributed by atoms with Crippen LogP contribution in [-0.2, 0) is 9.59 Å². The van der Waals surface area contributed by atoms with Gasteiger partial charge in [0, 0.05) is 12.3 Å². The zero-order valence-corrected chi connectivity index (χ0v) is 8.40. The number of aliphatic carboxylic acids is 1. The molecule has 0 radical (unpaired) electrons. The summed E-state index contributed by atoms with van der Waals surface area (Å²) in [4.78, 5) is 22.2. The van der Waals surface area contributed by atoms with Crippen LogP contribution in [-0.4, -0.2) is 16.9 Å². The highest BCUT2D eigenvalue weighted by Crippen LogP contribution is 2.31. The van der Waals surface area contributed by atoms with Crippen molar-refractivity contribution in [2.75, 3.05) is 0 Å². The molecule has 78 valence electrons. The van der Waals surface area contributed by atoms with Gasteiger partial charge in [0.1, 0.15) is 5.78 Å². The molecule has 2 atom stereocenters. The average molecular weight is 196 g/mol. The summed E-state index contributed by atoms with van der Waals surface area (Å²) in [6.07, 6.45) is 6.36. The molecule has 3 heteroatoms. The van der Waals surface area contributed by atoms with E-state index >= 15 is 0 Å². The molecule has 0 saturated heterocycles. The normalized spacial score (nSPS) is 27.4. The lowest BCUT2D eigenvalue weighted by atomic mass is 9.92. The fourth-order valence-electron chi connectivity index (χ4n) is 1.91. The summed E-state index contributed by atoms with van der Waals surface area (Å²) in [6, 6.07) is 0. The Kier molecular flexibility index (Phi) is 3.86. The topological polar surface area (TPSA) is 54.4 Å². The highest BCUT2D eigenvalue weighted by atomic mass is 16.4. The third-order valence-electron chi connectivity index (χ3n) is 2.71. The van der Waals surface area contributed by atoms with E-state index in [0.717, 1.165) is 6.42 Å². The van der Waals surface area contributed by atoms with Crippen LogP contribution in [0.15, 0.2) is 12.2 Å². The molecule has 1 fully saturated rings. The van der Waals surface area contributed by atoms with Crippen molar-refractivity contribution in [2.24, 2.45) is 11.8 Å². The Morgan fingerprint density at radius 2 is 2.29 bits per heavy atom. The van der Waals surface area contributed by atoms with Crippen LogP contribution in [0, 0.1) is 11.8 Å². The molecule has 14 heavy (non-hydrogen) atoms. The largest absolute Gasteiger partial charge is 0.481 e. The number of carbonyl (C=O) groups excluding carboxylic acids is 1. The summed E-state index contributed by atoms with van der Waals surface area (Å²) in [5.74, 6) is -1.46. The van der Waals surface area contributed by atoms with Crippen molar-refractivity contribution < 1.29 is 14.7 Å². The number of carboxylic acids is 1. The Balaban J connectivity index is 2.58. The van der Waals surface area contributed by atoms with Crippen LogP contribution in [0.5, 0.6) is 0 Å². The molecule has 1 aliphatic carbocycles. The first kappa shape index (κ1) is 11.0. The molecule has 1 N–H and O–H groups in total. The lowest BCUT2D eigenvalue weighted by Crippen LogP contribution is -2.21. The number of allylic oxidation sites excluding steroid dienone is 2. The monoisotopic (exact) mass is 196 g/mol. The molecule has 2 unspecified atom stereocenters. The molecule has 0 bridgehead atoms. The summed E-state index contributed by atoms with van der Waals surface area (Å²) in [5.41, 5.74) is 0. The molecule has 1 aliphatic rings. The van der Waals surface area contributed by atoms with Gasteiger partial charge in [-0.05, 0) is 19.3 Å². The lowest BCUT2D eigenvalue weighted by Gasteiger charge is -2.11. The number of ketones is 1. The molecule has 0 heterocycles. The summed E-state index contributed by atoms with van der Waals surface area (Å²) >= 11 is 0. The molecule has 0 spiro atoms. The van der Waals surface area contributed by atoms with Gasteiger partial charge in [-0.3, -0.25) is 9.59 Å². The van der Waals surface area contributed by atoms with Gasteiger partial charge in [-0.25, -0.2) is 0 Å². The summed E-state index contributed by atoms with van der Waals surface area (Å²) in [5, 5.41) is 8.88. The van der Waals surface area contributed by atoms with Gasteiger partial charge < -0.3 is 5.11 Å². The van der Waals surface area contributed by atoms with Crippen LogP contribution >= 0.6 is 0 Å². The van der Waals surface area contributed by atoms with Gasteiger partial charge in [0.15, 0.2) is 0 Å². The summed E-state index contributed by atoms with van der Waals surface area (Å²) in [6.45, 7) is 2.02. The molecule has 0 aromatic heterocycles. The molecular weight excluding hydrogens is 180 g/mol. The van der Waals surface area contributed by atoms with Crippen LogP contribution < -0.4 is 0 Å². The maximum atomic E-state index is 11.4. The highest BCUT2D eigenvalue weighted by molar-refractivity contribution is 5.89. The molecule has 0 aromatic rings. The molecule has 0 amide bonds. The Bertz CT molecular complexity index is 255. The lowest BCUT2D eigenvalue weighted by molar-refractivity contribution is -0.144. The van der Waals surface area contributed by atoms with Crippen molar-refractivity contribution in [3.63, 3.8) is 0 Å². The van der Waals surface area contributed by atoms with Gasteiger partial charge in [0.25, 0.3) is 0 Å². The molecule has 3 nitrogen and oxygen atoms in total. The number of hydrogen-bond donors (Lipinski definition) is 1. The first-order valence-corrected chi connectivity index (χ1v) is 5.07. The van der Waals surface area contributed by atoms with Gasteiger partial charge >= 0.3 is 5.97 Å². The van der Waals surface area contributed by atoms with Crippen molar-refractivity contribution in [1.29, 1.82) is 0 Å². The summed E-state index contributed by atoms with van der Waals surface area (Å²) < 4.78 is 0. The second-order valence-corrected chi connectivity index (χ2v) is 3.67. The van der Waals surface area contributed by atoms with E-state index < -0.39 is 11.9 Å². The third-order valence-corrected chi connectivity index (χ3v) is 2.71. The smallest absolute Gasteiger partial charge is 0.307 e. The van der Waals surface area contributed by atoms with Crippen LogP contribution in [0.3, 0.4) is 0 Å². The molecule has 0 aliphatic heterocycles. The van der Waals surface area contributed by atoms with Crippen molar-refractivity contribution in [3.8, 4) is 0 Å². The zero-order chi connectivity index (χ0) is 10.6. The number of rotatable bonds is 4. The van der Waals surface area contributed by atoms with Gasteiger partial charge in [0.2, 0.25) is 0 Å². The molecule has 1 saturated carbocycles. The first-order chi connectivity index (χ1) is 6.66. The standard InChI is InChI=1S/C11H16O3/c1-2-3-4-5-8-9(11(13)14)6-7-10(8)12/h3-4,8-9H,2,5-7H2,1H3,(H,13,14). The summed E-state index contributed by atoms with van der Waals surface area (Å²) in [7, 11) is 0. The molecule has 0 aromatic carbocycles. The number of Topliss-reactive ketones (excluding diaryl/α,β-unsaturated/α-hetero) is 1. The number of carbonyl (C=O) groups is 2. The Morgan fingerprint density at radius 1 is 1.57 bits per heavy atom. The second-order valence-electron chi connectivity index (χ2n) is 3.67. The maximum absolute atomic E-state index is 11.4. The van der Waals surface area contributed by atoms with E-state index in [1.807, 2.05) is 19.1 Å². The highest BCUT2D eigenvalue weighted by Gasteiger charge is 2.38. The minimum atomic E-state index is -0.828. The first-order valence-electron chi connectivity index (χ1n) is 5.07. The van der Waals surface area contributed by atoms with Crippen molar-refractivity contribution in [3.05, 3.63) is 12.2 Å². The number of hydrogen-bond acceptors (Lipinski definition) is 2. The number of carboxylic acid groups (broad SMARTS) is 1. The van der Waals surface area contributed by atoms with Gasteiger partial charge in [-0.2, -0.15) is 0 Å². The molecule has 1 rings (SSSR count). The minimum Gasteiger partial charge on any atom is -0.481 e. The second kappa shape index (κ2) is 4.94. The Labute approximate surface area is 83.8 Å². The van der Waals surface area contributed by atoms with E-state index in [-0.39, 0.29) is 11.7 Å². The Hall–Kier alpha value is -1.12. The van der Waals surface area contributed by atoms with Crippen LogP contribution in [0.2, 0.25) is 0 Å². The van der Waals surface area contributed by atoms with Gasteiger partial charge in [-0.15, -0.1) is 0 Å². The van der Waals surface area contributed by atoms with Crippen molar-refractivity contribution in [2.45, 2.75) is 32.6 Å². The van der Waals surface area contributed by atoms with E-state index in [2.05, 4.69) is 0 Å². The van der Waals surface area contributed by atoms with Gasteiger partial charge in [-0.1, -0.05) is 19.1 Å². The van der Waals surface area contributed by atoms with Crippen molar-refractivity contribution in [1.82, 2.24) is 0 Å². The van der Waals surface area contributed by atoms with Crippen molar-refractivity contribution >= 4 is 11.8 Å². The quantitative estimate of drug-likeness (QED) is 0.700. The van der Waals surface area contributed by atoms with E-state index in [9.17, 15) is 9.59 Å². The van der Waals surface area contributed by atoms with Crippen LogP contribution in [0.25, 0.3) is 0 Å². The Morgan fingerprint density at radius 3 is 2.86 bits per heavy atom. The van der Waals surface area contributed by atoms with E-state index in [0.29, 0.717) is 19.3 Å². The predicted octanol–water partition coefficient (Wildman–Crippen LogP) is 2.02. The fraction of sp³-hybridized carbons (Fsp3) is 0.636.